The second kappa shape index (κ2) is 7.43. The van der Waals surface area contributed by atoms with Crippen molar-refractivity contribution in [3.05, 3.63) is 64.7 Å². The fourth-order valence-electron chi connectivity index (χ4n) is 3.06. The molecule has 2 aromatic carbocycles. The van der Waals surface area contributed by atoms with Crippen LogP contribution >= 0.6 is 0 Å². The van der Waals surface area contributed by atoms with E-state index in [4.69, 9.17) is 4.74 Å². The fraction of sp³-hybridized carbons (Fsp3) is 0.333. The van der Waals surface area contributed by atoms with E-state index in [9.17, 15) is 9.59 Å². The molecule has 0 amide bonds. The van der Waals surface area contributed by atoms with Gasteiger partial charge in [0.05, 0.1) is 6.42 Å². The van der Waals surface area contributed by atoms with Gasteiger partial charge in [0.15, 0.2) is 5.78 Å². The molecule has 0 spiro atoms. The van der Waals surface area contributed by atoms with Gasteiger partial charge in [-0.25, -0.2) is 0 Å². The molecule has 3 nitrogen and oxygen atoms in total. The van der Waals surface area contributed by atoms with E-state index in [1.54, 1.807) is 12.1 Å². The predicted molar refractivity (Wildman–Crippen MR) is 93.5 cm³/mol. The summed E-state index contributed by atoms with van der Waals surface area (Å²) in [7, 11) is 0. The van der Waals surface area contributed by atoms with Crippen molar-refractivity contribution >= 4 is 11.8 Å². The molecule has 0 bridgehead atoms. The number of benzene rings is 2. The van der Waals surface area contributed by atoms with Crippen LogP contribution in [0.15, 0.2) is 42.5 Å². The molecule has 0 saturated carbocycles. The molecule has 1 aliphatic rings. The van der Waals surface area contributed by atoms with Crippen LogP contribution in [0.4, 0.5) is 0 Å². The Balaban J connectivity index is 1.54. The molecule has 3 rings (SSSR count). The van der Waals surface area contributed by atoms with Crippen LogP contribution in [0.3, 0.4) is 0 Å². The summed E-state index contributed by atoms with van der Waals surface area (Å²) in [6.07, 6.45) is 4.85. The van der Waals surface area contributed by atoms with Crippen LogP contribution in [-0.4, -0.2) is 11.8 Å². The Kier molecular flexibility index (Phi) is 5.09. The highest BCUT2D eigenvalue weighted by atomic mass is 16.5. The van der Waals surface area contributed by atoms with Gasteiger partial charge in [-0.2, -0.15) is 0 Å². The molecule has 124 valence electrons. The van der Waals surface area contributed by atoms with Gasteiger partial charge < -0.3 is 4.74 Å². The number of Topliss-reactive ketones (excluding diaryl/α,β-unsaturated/α-hetero) is 1. The van der Waals surface area contributed by atoms with Crippen molar-refractivity contribution in [1.29, 1.82) is 0 Å². The molecule has 0 atom stereocenters. The lowest BCUT2D eigenvalue weighted by Gasteiger charge is -2.16. The van der Waals surface area contributed by atoms with Crippen molar-refractivity contribution < 1.29 is 14.3 Å². The summed E-state index contributed by atoms with van der Waals surface area (Å²) in [5.74, 6) is 0.201. The van der Waals surface area contributed by atoms with Gasteiger partial charge in [0.2, 0.25) is 0 Å². The fourth-order valence-corrected chi connectivity index (χ4v) is 3.06. The van der Waals surface area contributed by atoms with Crippen molar-refractivity contribution in [3.63, 3.8) is 0 Å². The summed E-state index contributed by atoms with van der Waals surface area (Å²) in [5.41, 5.74) is 4.39. The van der Waals surface area contributed by atoms with E-state index in [2.05, 4.69) is 6.07 Å². The number of carbonyl (C=O) groups is 2. The van der Waals surface area contributed by atoms with E-state index >= 15 is 0 Å². The smallest absolute Gasteiger partial charge is 0.311 e. The van der Waals surface area contributed by atoms with Crippen LogP contribution < -0.4 is 4.74 Å². The number of hydrogen-bond acceptors (Lipinski definition) is 3. The zero-order valence-electron chi connectivity index (χ0n) is 14.0. The van der Waals surface area contributed by atoms with Crippen LogP contribution in [0.25, 0.3) is 0 Å². The minimum atomic E-state index is -0.355. The summed E-state index contributed by atoms with van der Waals surface area (Å²) in [5, 5.41) is 0. The summed E-state index contributed by atoms with van der Waals surface area (Å²) in [6, 6.07) is 13.3. The Morgan fingerprint density at radius 2 is 1.62 bits per heavy atom. The standard InChI is InChI=1S/C21H22O3/c1-15-6-8-17(9-7-15)20(22)12-13-21(23)24-19-11-10-16-4-2-3-5-18(16)14-19/h6-11,14H,2-5,12-13H2,1H3. The number of aryl methyl sites for hydroxylation is 3. The van der Waals surface area contributed by atoms with Gasteiger partial charge in [0.25, 0.3) is 0 Å². The second-order valence-electron chi connectivity index (χ2n) is 6.40. The molecule has 0 aromatic heterocycles. The zero-order valence-corrected chi connectivity index (χ0v) is 14.0. The van der Waals surface area contributed by atoms with E-state index in [0.29, 0.717) is 11.3 Å². The van der Waals surface area contributed by atoms with E-state index in [1.807, 2.05) is 31.2 Å². The monoisotopic (exact) mass is 322 g/mol. The lowest BCUT2D eigenvalue weighted by atomic mass is 9.92. The molecule has 0 N–H and O–H groups in total. The van der Waals surface area contributed by atoms with Gasteiger partial charge in [0.1, 0.15) is 5.75 Å². The van der Waals surface area contributed by atoms with Crippen LogP contribution in [-0.2, 0) is 17.6 Å². The molecule has 0 aliphatic heterocycles. The number of esters is 1. The quantitative estimate of drug-likeness (QED) is 0.464. The van der Waals surface area contributed by atoms with Crippen molar-refractivity contribution in [2.45, 2.75) is 45.4 Å². The highest BCUT2D eigenvalue weighted by molar-refractivity contribution is 5.97. The molecule has 0 unspecified atom stereocenters. The second-order valence-corrected chi connectivity index (χ2v) is 6.40. The maximum absolute atomic E-state index is 12.1. The SMILES string of the molecule is Cc1ccc(C(=O)CCC(=O)Oc2ccc3c(c2)CCCC3)cc1. The molecule has 2 aromatic rings. The third-order valence-electron chi connectivity index (χ3n) is 4.48. The van der Waals surface area contributed by atoms with Crippen LogP contribution in [0.5, 0.6) is 5.75 Å². The number of ether oxygens (including phenoxy) is 1. The molecular formula is C21H22O3. The Morgan fingerprint density at radius 1 is 0.917 bits per heavy atom. The topological polar surface area (TPSA) is 43.4 Å². The average molecular weight is 322 g/mol. The third kappa shape index (κ3) is 4.10. The van der Waals surface area contributed by atoms with Crippen molar-refractivity contribution in [2.24, 2.45) is 0 Å². The molecule has 1 aliphatic carbocycles. The highest BCUT2D eigenvalue weighted by Crippen LogP contribution is 2.25. The Labute approximate surface area is 142 Å². The summed E-state index contributed by atoms with van der Waals surface area (Å²) in [6.45, 7) is 1.98. The average Bonchev–Trinajstić information content (AvgIpc) is 2.60. The minimum Gasteiger partial charge on any atom is -0.427 e. The van der Waals surface area contributed by atoms with Crippen molar-refractivity contribution in [2.75, 3.05) is 0 Å². The maximum atomic E-state index is 12.1. The van der Waals surface area contributed by atoms with Crippen molar-refractivity contribution in [1.82, 2.24) is 0 Å². The van der Waals surface area contributed by atoms with Crippen LogP contribution in [0.1, 0.15) is 52.7 Å². The van der Waals surface area contributed by atoms with Crippen LogP contribution in [0.2, 0.25) is 0 Å². The molecule has 3 heteroatoms. The first kappa shape index (κ1) is 16.4. The van der Waals surface area contributed by atoms with Gasteiger partial charge in [-0.15, -0.1) is 0 Å². The van der Waals surface area contributed by atoms with Gasteiger partial charge in [-0.3, -0.25) is 9.59 Å². The van der Waals surface area contributed by atoms with E-state index in [-0.39, 0.29) is 24.6 Å². The number of hydrogen-bond donors (Lipinski definition) is 0. The number of fused-ring (bicyclic) bond motifs is 1. The molecule has 0 radical (unpaired) electrons. The first-order valence-corrected chi connectivity index (χ1v) is 8.54. The Bertz CT molecular complexity index is 744. The van der Waals surface area contributed by atoms with E-state index in [1.165, 1.54) is 24.0 Å². The zero-order chi connectivity index (χ0) is 16.9. The normalized spacial score (nSPS) is 13.2. The highest BCUT2D eigenvalue weighted by Gasteiger charge is 2.13. The summed E-state index contributed by atoms with van der Waals surface area (Å²) in [4.78, 5) is 24.1. The van der Waals surface area contributed by atoms with Gasteiger partial charge in [0, 0.05) is 12.0 Å². The summed E-state index contributed by atoms with van der Waals surface area (Å²) < 4.78 is 5.39. The largest absolute Gasteiger partial charge is 0.427 e. The molecular weight excluding hydrogens is 300 g/mol. The predicted octanol–water partition coefficient (Wildman–Crippen LogP) is 4.44. The first-order valence-electron chi connectivity index (χ1n) is 8.54. The first-order chi connectivity index (χ1) is 11.6. The number of ketones is 1. The number of rotatable bonds is 5. The molecule has 0 fully saturated rings. The lowest BCUT2D eigenvalue weighted by Crippen LogP contribution is -2.11. The maximum Gasteiger partial charge on any atom is 0.311 e. The lowest BCUT2D eigenvalue weighted by molar-refractivity contribution is -0.134. The van der Waals surface area contributed by atoms with E-state index < -0.39 is 0 Å². The Morgan fingerprint density at radius 3 is 2.38 bits per heavy atom. The molecule has 24 heavy (non-hydrogen) atoms. The molecule has 0 heterocycles. The molecule has 0 saturated heterocycles. The van der Waals surface area contributed by atoms with Crippen molar-refractivity contribution in [3.8, 4) is 5.75 Å². The minimum absolute atomic E-state index is 0.0302. The van der Waals surface area contributed by atoms with Gasteiger partial charge >= 0.3 is 5.97 Å². The third-order valence-corrected chi connectivity index (χ3v) is 4.48. The van der Waals surface area contributed by atoms with Gasteiger partial charge in [-0.05, 0) is 55.9 Å². The summed E-state index contributed by atoms with van der Waals surface area (Å²) >= 11 is 0. The van der Waals surface area contributed by atoms with Gasteiger partial charge in [-0.1, -0.05) is 35.9 Å². The van der Waals surface area contributed by atoms with Crippen LogP contribution in [0, 0.1) is 6.92 Å². The Hall–Kier alpha value is -2.42. The van der Waals surface area contributed by atoms with E-state index in [0.717, 1.165) is 18.4 Å². The number of carbonyl (C=O) groups excluding carboxylic acids is 2.